The highest BCUT2D eigenvalue weighted by atomic mass is 19.1. The molecule has 1 aromatic heterocycles. The predicted molar refractivity (Wildman–Crippen MR) is 181 cm³/mol. The van der Waals surface area contributed by atoms with Gasteiger partial charge in [-0.2, -0.15) is 0 Å². The number of carbonyl (C=O) groups is 4. The number of hydrogen-bond acceptors (Lipinski definition) is 8. The first-order chi connectivity index (χ1) is 23.6. The quantitative estimate of drug-likeness (QED) is 0.129. The van der Waals surface area contributed by atoms with Crippen molar-refractivity contribution in [3.05, 3.63) is 124 Å². The molecule has 3 aromatic rings. The average molecular weight is 695 g/mol. The van der Waals surface area contributed by atoms with Crippen molar-refractivity contribution >= 4 is 23.9 Å². The van der Waals surface area contributed by atoms with E-state index in [9.17, 15) is 32.8 Å². The molecule has 3 rings (SSSR count). The maximum Gasteiger partial charge on any atom is 0.430 e. The number of carbonyl (C=O) groups excluding carboxylic acids is 4. The van der Waals surface area contributed by atoms with Gasteiger partial charge in [0.15, 0.2) is 11.4 Å². The van der Waals surface area contributed by atoms with Crippen molar-refractivity contribution in [3.63, 3.8) is 0 Å². The molecule has 0 unspecified atom stereocenters. The number of halogens is 2. The molecule has 0 aliphatic carbocycles. The molecular formula is C36H40F2N4O8. The largest absolute Gasteiger partial charge is 0.482 e. The molecule has 12 nitrogen and oxygen atoms in total. The number of benzene rings is 2. The molecule has 0 spiro atoms. The predicted octanol–water partition coefficient (Wildman–Crippen LogP) is 4.93. The third-order valence-corrected chi connectivity index (χ3v) is 6.73. The van der Waals surface area contributed by atoms with Crippen molar-refractivity contribution in [2.24, 2.45) is 0 Å². The second-order valence-corrected chi connectivity index (χ2v) is 11.9. The van der Waals surface area contributed by atoms with E-state index in [4.69, 9.17) is 14.2 Å². The maximum absolute atomic E-state index is 14.4. The molecule has 0 saturated heterocycles. The van der Waals surface area contributed by atoms with Gasteiger partial charge in [0.1, 0.15) is 36.0 Å². The van der Waals surface area contributed by atoms with Crippen molar-refractivity contribution in [2.45, 2.75) is 58.9 Å². The van der Waals surface area contributed by atoms with Crippen LogP contribution in [0.5, 0.6) is 5.75 Å². The van der Waals surface area contributed by atoms with Gasteiger partial charge < -0.3 is 24.8 Å². The zero-order valence-electron chi connectivity index (χ0n) is 28.3. The Bertz CT molecular complexity index is 1790. The van der Waals surface area contributed by atoms with Crippen LogP contribution in [0.25, 0.3) is 0 Å². The summed E-state index contributed by atoms with van der Waals surface area (Å²) >= 11 is 0. The van der Waals surface area contributed by atoms with E-state index in [2.05, 4.69) is 23.8 Å². The van der Waals surface area contributed by atoms with Crippen LogP contribution in [0.15, 0.2) is 84.8 Å². The van der Waals surface area contributed by atoms with E-state index in [1.807, 2.05) is 0 Å². The van der Waals surface area contributed by atoms with E-state index in [1.165, 1.54) is 12.2 Å². The lowest BCUT2D eigenvalue weighted by Gasteiger charge is -2.30. The Kier molecular flexibility index (Phi) is 13.6. The van der Waals surface area contributed by atoms with Crippen LogP contribution in [0.2, 0.25) is 0 Å². The van der Waals surface area contributed by atoms with Crippen molar-refractivity contribution in [3.8, 4) is 5.75 Å². The third kappa shape index (κ3) is 10.9. The molecule has 0 saturated carbocycles. The third-order valence-electron chi connectivity index (χ3n) is 6.73. The van der Waals surface area contributed by atoms with Gasteiger partial charge in [-0.3, -0.25) is 19.2 Å². The number of amides is 3. The van der Waals surface area contributed by atoms with Crippen molar-refractivity contribution in [1.82, 2.24) is 15.3 Å². The van der Waals surface area contributed by atoms with Crippen LogP contribution in [0.3, 0.4) is 0 Å². The monoisotopic (exact) mass is 694 g/mol. The summed E-state index contributed by atoms with van der Waals surface area (Å²) in [7, 11) is 0. The first kappa shape index (κ1) is 38.7. The number of esters is 1. The van der Waals surface area contributed by atoms with Crippen LogP contribution in [0.4, 0.5) is 13.6 Å². The summed E-state index contributed by atoms with van der Waals surface area (Å²) < 4.78 is 45.3. The molecule has 14 heteroatoms. The standard InChI is InChI=1S/C36H40F2N4O8/c1-7-9-17-48-29(43)21-42(35(47)50-36(4,5)6)41-20-27(33(45)39-19-25-15-16-26(37)18-28(25)38)31(44)32(30(41)34(46)40-23(3)8-2)49-22-24-13-11-10-12-14-24/h7-8,10-16,18,20,23H,1-2,9,17,19,21-22H2,3-6H3,(H,39,45)(H,40,46)/t23-/m0/s1. The maximum atomic E-state index is 14.4. The summed E-state index contributed by atoms with van der Waals surface area (Å²) in [4.78, 5) is 68.3. The van der Waals surface area contributed by atoms with Gasteiger partial charge in [0.25, 0.3) is 11.8 Å². The van der Waals surface area contributed by atoms with E-state index >= 15 is 0 Å². The molecule has 2 N–H and O–H groups in total. The Morgan fingerprint density at radius 2 is 1.74 bits per heavy atom. The topological polar surface area (TPSA) is 145 Å². The Labute approximate surface area is 288 Å². The van der Waals surface area contributed by atoms with Crippen molar-refractivity contribution < 1.29 is 42.2 Å². The van der Waals surface area contributed by atoms with Crippen LogP contribution < -0.4 is 25.8 Å². The molecular weight excluding hydrogens is 654 g/mol. The minimum Gasteiger partial charge on any atom is -0.482 e. The highest BCUT2D eigenvalue weighted by molar-refractivity contribution is 6.00. The first-order valence-electron chi connectivity index (χ1n) is 15.5. The Morgan fingerprint density at radius 1 is 1.04 bits per heavy atom. The van der Waals surface area contributed by atoms with Gasteiger partial charge in [0.2, 0.25) is 5.43 Å². The molecule has 0 radical (unpaired) electrons. The lowest BCUT2D eigenvalue weighted by Crippen LogP contribution is -2.50. The van der Waals surface area contributed by atoms with E-state index in [0.29, 0.717) is 23.1 Å². The highest BCUT2D eigenvalue weighted by Crippen LogP contribution is 2.21. The van der Waals surface area contributed by atoms with Crippen LogP contribution in [0, 0.1) is 11.6 Å². The number of rotatable bonds is 15. The fraction of sp³-hybridized carbons (Fsp3) is 0.306. The lowest BCUT2D eigenvalue weighted by molar-refractivity contribution is -0.142. The second-order valence-electron chi connectivity index (χ2n) is 11.9. The van der Waals surface area contributed by atoms with E-state index < -0.39 is 82.7 Å². The summed E-state index contributed by atoms with van der Waals surface area (Å²) in [6, 6.07) is 10.7. The molecule has 266 valence electrons. The van der Waals surface area contributed by atoms with Crippen molar-refractivity contribution in [2.75, 3.05) is 18.2 Å². The number of pyridine rings is 1. The van der Waals surface area contributed by atoms with Crippen molar-refractivity contribution in [1.29, 1.82) is 0 Å². The summed E-state index contributed by atoms with van der Waals surface area (Å²) in [6.07, 6.45) is 2.94. The number of hydrogen-bond donors (Lipinski definition) is 2. The number of nitrogens with one attached hydrogen (secondary N) is 2. The zero-order valence-corrected chi connectivity index (χ0v) is 28.3. The molecule has 0 bridgehead atoms. The molecule has 1 heterocycles. The van der Waals surface area contributed by atoms with Crippen LogP contribution in [-0.2, 0) is 27.4 Å². The van der Waals surface area contributed by atoms with Crippen LogP contribution in [0.1, 0.15) is 66.1 Å². The van der Waals surface area contributed by atoms with Gasteiger partial charge in [-0.25, -0.2) is 23.3 Å². The normalized spacial score (nSPS) is 11.5. The summed E-state index contributed by atoms with van der Waals surface area (Å²) in [5.41, 5.74) is -2.90. The minimum atomic E-state index is -1.15. The average Bonchev–Trinajstić information content (AvgIpc) is 3.05. The smallest absolute Gasteiger partial charge is 0.430 e. The molecule has 2 aromatic carbocycles. The second kappa shape index (κ2) is 17.6. The first-order valence-corrected chi connectivity index (χ1v) is 15.5. The van der Waals surface area contributed by atoms with Gasteiger partial charge in [0, 0.05) is 30.4 Å². The molecule has 50 heavy (non-hydrogen) atoms. The van der Waals surface area contributed by atoms with Gasteiger partial charge in [0.05, 0.1) is 6.61 Å². The Hall–Kier alpha value is -5.79. The lowest BCUT2D eigenvalue weighted by atomic mass is 10.1. The highest BCUT2D eigenvalue weighted by Gasteiger charge is 2.34. The van der Waals surface area contributed by atoms with E-state index in [-0.39, 0.29) is 18.8 Å². The summed E-state index contributed by atoms with van der Waals surface area (Å²) in [5.74, 6) is -5.36. The molecule has 0 fully saturated rings. The van der Waals surface area contributed by atoms with Gasteiger partial charge in [-0.15, -0.1) is 13.2 Å². The van der Waals surface area contributed by atoms with Gasteiger partial charge >= 0.3 is 12.1 Å². The SMILES string of the molecule is C=CCCOC(=O)CN(C(=O)OC(C)(C)C)n1cc(C(=O)NCc2ccc(F)cc2F)c(=O)c(OCc2ccccc2)c1C(=O)N[C@@H](C)C=C. The summed E-state index contributed by atoms with van der Waals surface area (Å²) in [5, 5.41) is 5.70. The van der Waals surface area contributed by atoms with E-state index in [0.717, 1.165) is 23.0 Å². The molecule has 1 atom stereocenters. The Morgan fingerprint density at radius 3 is 2.36 bits per heavy atom. The molecule has 3 amide bonds. The number of nitrogens with zero attached hydrogens (tertiary/aromatic N) is 2. The van der Waals surface area contributed by atoms with Gasteiger partial charge in [-0.05, 0) is 45.7 Å². The Balaban J connectivity index is 2.28. The van der Waals surface area contributed by atoms with E-state index in [1.54, 1.807) is 58.0 Å². The number of ether oxygens (including phenoxy) is 3. The van der Waals surface area contributed by atoms with Crippen LogP contribution >= 0.6 is 0 Å². The minimum absolute atomic E-state index is 0.0715. The molecule has 0 aliphatic heterocycles. The number of aromatic nitrogens is 1. The van der Waals surface area contributed by atoms with Gasteiger partial charge in [-0.1, -0.05) is 48.6 Å². The fourth-order valence-corrected chi connectivity index (χ4v) is 4.24. The zero-order chi connectivity index (χ0) is 37.0. The molecule has 0 aliphatic rings. The summed E-state index contributed by atoms with van der Waals surface area (Å²) in [6.45, 7) is 11.9. The fourth-order valence-electron chi connectivity index (χ4n) is 4.24. The van der Waals surface area contributed by atoms with Crippen LogP contribution in [-0.4, -0.2) is 53.3 Å².